The lowest BCUT2D eigenvalue weighted by Crippen LogP contribution is -2.50. The van der Waals surface area contributed by atoms with Gasteiger partial charge in [0.2, 0.25) is 5.91 Å². The third kappa shape index (κ3) is 6.80. The summed E-state index contributed by atoms with van der Waals surface area (Å²) in [7, 11) is 0. The van der Waals surface area contributed by atoms with Crippen LogP contribution in [0.5, 0.6) is 0 Å². The largest absolute Gasteiger partial charge is 0.393 e. The molecule has 0 fully saturated rings. The van der Waals surface area contributed by atoms with Crippen LogP contribution in [0.25, 0.3) is 0 Å². The van der Waals surface area contributed by atoms with Crippen molar-refractivity contribution < 1.29 is 9.90 Å². The zero-order valence-corrected chi connectivity index (χ0v) is 11.1. The first-order valence-electron chi connectivity index (χ1n) is 6.02. The summed E-state index contributed by atoms with van der Waals surface area (Å²) in [6.07, 6.45) is 1.24. The Kier molecular flexibility index (Phi) is 6.60. The average Bonchev–Trinajstić information content (AvgIpc) is 2.16. The average molecular weight is 230 g/mol. The normalized spacial score (nSPS) is 15.6. The number of hydrogen-bond donors (Lipinski definition) is 3. The quantitative estimate of drug-likeness (QED) is 0.612. The molecule has 0 spiro atoms. The van der Waals surface area contributed by atoms with Crippen molar-refractivity contribution in [3.63, 3.8) is 0 Å². The fourth-order valence-electron chi connectivity index (χ4n) is 1.13. The van der Waals surface area contributed by atoms with Gasteiger partial charge >= 0.3 is 0 Å². The number of carbonyl (C=O) groups excluding carboxylic acids is 1. The minimum Gasteiger partial charge on any atom is -0.393 e. The zero-order chi connectivity index (χ0) is 12.8. The van der Waals surface area contributed by atoms with Crippen molar-refractivity contribution in [2.75, 3.05) is 6.54 Å². The van der Waals surface area contributed by atoms with Gasteiger partial charge in [-0.15, -0.1) is 0 Å². The third-order valence-electron chi connectivity index (χ3n) is 2.75. The van der Waals surface area contributed by atoms with E-state index in [-0.39, 0.29) is 23.6 Å². The fraction of sp³-hybridized carbons (Fsp3) is 0.917. The molecule has 0 bridgehead atoms. The van der Waals surface area contributed by atoms with Crippen LogP contribution in [0.3, 0.4) is 0 Å². The Morgan fingerprint density at radius 3 is 2.38 bits per heavy atom. The summed E-state index contributed by atoms with van der Waals surface area (Å²) in [5, 5.41) is 15.2. The molecule has 0 radical (unpaired) electrons. The molecule has 2 unspecified atom stereocenters. The summed E-state index contributed by atoms with van der Waals surface area (Å²) in [6, 6.07) is -0.218. The van der Waals surface area contributed by atoms with Gasteiger partial charge in [0.1, 0.15) is 0 Å². The molecule has 0 saturated carbocycles. The van der Waals surface area contributed by atoms with E-state index < -0.39 is 0 Å². The highest BCUT2D eigenvalue weighted by Gasteiger charge is 2.21. The predicted molar refractivity (Wildman–Crippen MR) is 66.3 cm³/mol. The first kappa shape index (κ1) is 15.4. The van der Waals surface area contributed by atoms with Gasteiger partial charge in [0.05, 0.1) is 12.1 Å². The molecule has 0 rings (SSSR count). The zero-order valence-electron chi connectivity index (χ0n) is 11.1. The molecular formula is C12H26N2O2. The second-order valence-corrected chi connectivity index (χ2v) is 5.04. The van der Waals surface area contributed by atoms with Crippen LogP contribution in [0.2, 0.25) is 0 Å². The van der Waals surface area contributed by atoms with E-state index in [0.717, 1.165) is 6.42 Å². The Bertz CT molecular complexity index is 215. The van der Waals surface area contributed by atoms with E-state index in [0.29, 0.717) is 13.0 Å². The smallest absolute Gasteiger partial charge is 0.237 e. The maximum absolute atomic E-state index is 11.8. The van der Waals surface area contributed by atoms with E-state index in [9.17, 15) is 4.79 Å². The van der Waals surface area contributed by atoms with Crippen LogP contribution in [0.1, 0.15) is 47.5 Å². The van der Waals surface area contributed by atoms with Crippen LogP contribution >= 0.6 is 0 Å². The van der Waals surface area contributed by atoms with Crippen molar-refractivity contribution in [3.8, 4) is 0 Å². The highest BCUT2D eigenvalue weighted by Crippen LogP contribution is 2.06. The van der Waals surface area contributed by atoms with Crippen LogP contribution in [0.4, 0.5) is 0 Å². The van der Waals surface area contributed by atoms with Crippen LogP contribution in [0.15, 0.2) is 0 Å². The molecule has 4 nitrogen and oxygen atoms in total. The first-order valence-corrected chi connectivity index (χ1v) is 6.02. The molecule has 0 heterocycles. The molecule has 3 N–H and O–H groups in total. The molecule has 0 aliphatic heterocycles. The maximum atomic E-state index is 11.8. The highest BCUT2D eigenvalue weighted by atomic mass is 16.3. The van der Waals surface area contributed by atoms with Gasteiger partial charge in [0, 0.05) is 5.54 Å². The van der Waals surface area contributed by atoms with Crippen molar-refractivity contribution in [1.29, 1.82) is 0 Å². The Morgan fingerprint density at radius 1 is 1.38 bits per heavy atom. The van der Waals surface area contributed by atoms with Gasteiger partial charge in [-0.05, 0) is 47.1 Å². The monoisotopic (exact) mass is 230 g/mol. The van der Waals surface area contributed by atoms with Gasteiger partial charge in [0.25, 0.3) is 0 Å². The van der Waals surface area contributed by atoms with Gasteiger partial charge in [0.15, 0.2) is 0 Å². The van der Waals surface area contributed by atoms with Crippen LogP contribution < -0.4 is 10.6 Å². The highest BCUT2D eigenvalue weighted by molar-refractivity contribution is 5.81. The van der Waals surface area contributed by atoms with Crippen molar-refractivity contribution in [3.05, 3.63) is 0 Å². The number of aliphatic hydroxyl groups is 1. The number of rotatable bonds is 7. The summed E-state index contributed by atoms with van der Waals surface area (Å²) >= 11 is 0. The number of aliphatic hydroxyl groups excluding tert-OH is 1. The van der Waals surface area contributed by atoms with E-state index in [1.807, 2.05) is 27.7 Å². The molecule has 0 aliphatic carbocycles. The molecule has 4 heteroatoms. The second-order valence-electron chi connectivity index (χ2n) is 5.04. The molecule has 16 heavy (non-hydrogen) atoms. The summed E-state index contributed by atoms with van der Waals surface area (Å²) in [4.78, 5) is 11.8. The molecule has 0 aromatic carbocycles. The van der Waals surface area contributed by atoms with Crippen molar-refractivity contribution in [2.24, 2.45) is 0 Å². The number of carbonyl (C=O) groups is 1. The molecule has 1 amide bonds. The number of nitrogens with one attached hydrogen (secondary N) is 2. The molecule has 0 saturated heterocycles. The Balaban J connectivity index is 3.91. The van der Waals surface area contributed by atoms with Gasteiger partial charge < -0.3 is 15.7 Å². The predicted octanol–water partition coefficient (Wildman–Crippen LogP) is 1.04. The van der Waals surface area contributed by atoms with Gasteiger partial charge in [-0.25, -0.2) is 0 Å². The van der Waals surface area contributed by atoms with Crippen molar-refractivity contribution in [1.82, 2.24) is 10.6 Å². The van der Waals surface area contributed by atoms with Crippen LogP contribution in [-0.4, -0.2) is 35.2 Å². The van der Waals surface area contributed by atoms with E-state index in [1.165, 1.54) is 0 Å². The lowest BCUT2D eigenvalue weighted by atomic mass is 10.0. The summed E-state index contributed by atoms with van der Waals surface area (Å²) in [5.74, 6) is 0.0115. The number of hydrogen-bond acceptors (Lipinski definition) is 3. The van der Waals surface area contributed by atoms with E-state index in [1.54, 1.807) is 6.92 Å². The van der Waals surface area contributed by atoms with E-state index >= 15 is 0 Å². The lowest BCUT2D eigenvalue weighted by Gasteiger charge is -2.26. The van der Waals surface area contributed by atoms with Crippen LogP contribution in [-0.2, 0) is 4.79 Å². The minimum absolute atomic E-state index is 0.0115. The molecule has 0 aromatic heterocycles. The third-order valence-corrected chi connectivity index (χ3v) is 2.75. The summed E-state index contributed by atoms with van der Waals surface area (Å²) in [5.41, 5.74) is -0.155. The number of amides is 1. The molecular weight excluding hydrogens is 204 g/mol. The summed E-state index contributed by atoms with van der Waals surface area (Å²) < 4.78 is 0. The SMILES string of the molecule is CCC(C)(C)NC(=O)C(C)NCCC(C)O. The Morgan fingerprint density at radius 2 is 1.94 bits per heavy atom. The Labute approximate surface area is 98.8 Å². The lowest BCUT2D eigenvalue weighted by molar-refractivity contribution is -0.124. The van der Waals surface area contributed by atoms with Gasteiger partial charge in [-0.1, -0.05) is 6.92 Å². The molecule has 2 atom stereocenters. The van der Waals surface area contributed by atoms with Gasteiger partial charge in [-0.3, -0.25) is 4.79 Å². The van der Waals surface area contributed by atoms with Gasteiger partial charge in [-0.2, -0.15) is 0 Å². The van der Waals surface area contributed by atoms with Crippen LogP contribution in [0, 0.1) is 0 Å². The van der Waals surface area contributed by atoms with E-state index in [4.69, 9.17) is 5.11 Å². The van der Waals surface area contributed by atoms with E-state index in [2.05, 4.69) is 10.6 Å². The minimum atomic E-state index is -0.324. The topological polar surface area (TPSA) is 61.4 Å². The first-order chi connectivity index (χ1) is 7.28. The standard InChI is InChI=1S/C12H26N2O2/c1-6-12(4,5)14-11(16)10(3)13-8-7-9(2)15/h9-10,13,15H,6-8H2,1-5H3,(H,14,16). The molecule has 0 aliphatic rings. The van der Waals surface area contributed by atoms with Crippen molar-refractivity contribution >= 4 is 5.91 Å². The second kappa shape index (κ2) is 6.86. The Hall–Kier alpha value is -0.610. The molecule has 0 aromatic rings. The maximum Gasteiger partial charge on any atom is 0.237 e. The fourth-order valence-corrected chi connectivity index (χ4v) is 1.13. The van der Waals surface area contributed by atoms with Crippen molar-refractivity contribution in [2.45, 2.75) is 65.1 Å². The molecule has 96 valence electrons. The summed E-state index contributed by atoms with van der Waals surface area (Å²) in [6.45, 7) is 10.3.